The van der Waals surface area contributed by atoms with E-state index >= 15 is 0 Å². The minimum atomic E-state index is -0.618. The first-order valence-electron chi connectivity index (χ1n) is 8.08. The maximum absolute atomic E-state index is 12.4. The van der Waals surface area contributed by atoms with Crippen molar-refractivity contribution in [1.82, 2.24) is 5.32 Å². The van der Waals surface area contributed by atoms with Gasteiger partial charge in [0.25, 0.3) is 11.6 Å². The number of benzene rings is 2. The molecule has 138 valence electrons. The topological polar surface area (TPSA) is 117 Å². The Hall–Kier alpha value is -3.29. The van der Waals surface area contributed by atoms with Crippen LogP contribution in [0.1, 0.15) is 22.8 Å². The normalized spacial score (nSPS) is 10.2. The number of nitrogen functional groups attached to an aromatic ring is 1. The summed E-state index contributed by atoms with van der Waals surface area (Å²) < 4.78 is 10.5. The summed E-state index contributed by atoms with van der Waals surface area (Å²) in [5, 5.41) is 14.0. The summed E-state index contributed by atoms with van der Waals surface area (Å²) >= 11 is 0. The average Bonchev–Trinajstić information content (AvgIpc) is 2.63. The molecule has 2 aromatic rings. The monoisotopic (exact) mass is 359 g/mol. The first-order valence-corrected chi connectivity index (χ1v) is 8.08. The molecule has 8 heteroatoms. The highest BCUT2D eigenvalue weighted by Crippen LogP contribution is 2.34. The SMILES string of the molecule is CCOc1cc(C(=O)NCCc2ccc(N)cc2)c([N+](=O)[O-])cc1OC. The third-order valence-electron chi connectivity index (χ3n) is 3.70. The molecule has 0 spiro atoms. The summed E-state index contributed by atoms with van der Waals surface area (Å²) in [5.74, 6) is -0.0583. The van der Waals surface area contributed by atoms with Crippen molar-refractivity contribution in [3.63, 3.8) is 0 Å². The molecule has 0 atom stereocenters. The molecule has 3 N–H and O–H groups in total. The van der Waals surface area contributed by atoms with Crippen molar-refractivity contribution >= 4 is 17.3 Å². The highest BCUT2D eigenvalue weighted by molar-refractivity contribution is 5.99. The molecule has 0 saturated heterocycles. The number of methoxy groups -OCH3 is 1. The molecule has 0 saturated carbocycles. The lowest BCUT2D eigenvalue weighted by atomic mass is 10.1. The molecule has 0 heterocycles. The number of hydrogen-bond donors (Lipinski definition) is 2. The summed E-state index contributed by atoms with van der Waals surface area (Å²) in [6.45, 7) is 2.44. The summed E-state index contributed by atoms with van der Waals surface area (Å²) in [4.78, 5) is 23.1. The number of ether oxygens (including phenoxy) is 2. The summed E-state index contributed by atoms with van der Waals surface area (Å²) in [6, 6.07) is 9.81. The van der Waals surface area contributed by atoms with Crippen molar-refractivity contribution in [3.05, 3.63) is 57.6 Å². The highest BCUT2D eigenvalue weighted by Gasteiger charge is 2.24. The van der Waals surface area contributed by atoms with Crippen LogP contribution < -0.4 is 20.5 Å². The third-order valence-corrected chi connectivity index (χ3v) is 3.70. The number of nitro groups is 1. The maximum Gasteiger partial charge on any atom is 0.286 e. The average molecular weight is 359 g/mol. The minimum absolute atomic E-state index is 0.0726. The highest BCUT2D eigenvalue weighted by atomic mass is 16.6. The number of nitrogens with one attached hydrogen (secondary N) is 1. The van der Waals surface area contributed by atoms with Gasteiger partial charge in [-0.05, 0) is 31.0 Å². The van der Waals surface area contributed by atoms with Crippen LogP contribution in [0.5, 0.6) is 11.5 Å². The quantitative estimate of drug-likeness (QED) is 0.425. The van der Waals surface area contributed by atoms with Crippen LogP contribution in [0.3, 0.4) is 0 Å². The number of nitrogens with two attached hydrogens (primary N) is 1. The molecule has 0 fully saturated rings. The predicted molar refractivity (Wildman–Crippen MR) is 97.7 cm³/mol. The first kappa shape index (κ1) is 19.0. The second-order valence-corrected chi connectivity index (χ2v) is 5.46. The van der Waals surface area contributed by atoms with Gasteiger partial charge in [0.15, 0.2) is 11.5 Å². The van der Waals surface area contributed by atoms with Crippen molar-refractivity contribution in [2.45, 2.75) is 13.3 Å². The Morgan fingerprint density at radius 1 is 1.23 bits per heavy atom. The van der Waals surface area contributed by atoms with Crippen molar-refractivity contribution in [3.8, 4) is 11.5 Å². The zero-order valence-corrected chi connectivity index (χ0v) is 14.7. The van der Waals surface area contributed by atoms with Gasteiger partial charge in [-0.15, -0.1) is 0 Å². The molecule has 0 radical (unpaired) electrons. The predicted octanol–water partition coefficient (Wildman–Crippen LogP) is 2.56. The van der Waals surface area contributed by atoms with Crippen LogP contribution in [0.2, 0.25) is 0 Å². The van der Waals surface area contributed by atoms with Crippen LogP contribution in [-0.2, 0) is 6.42 Å². The largest absolute Gasteiger partial charge is 0.493 e. The van der Waals surface area contributed by atoms with Crippen LogP contribution >= 0.6 is 0 Å². The molecule has 0 bridgehead atoms. The summed E-state index contributed by atoms with van der Waals surface area (Å²) in [7, 11) is 1.38. The fourth-order valence-electron chi connectivity index (χ4n) is 2.41. The van der Waals surface area contributed by atoms with Crippen molar-refractivity contribution in [1.29, 1.82) is 0 Å². The third kappa shape index (κ3) is 4.62. The van der Waals surface area contributed by atoms with E-state index in [1.165, 1.54) is 19.2 Å². The molecule has 2 aromatic carbocycles. The van der Waals surface area contributed by atoms with Crippen molar-refractivity contribution in [2.75, 3.05) is 26.0 Å². The van der Waals surface area contributed by atoms with Crippen LogP contribution in [0.4, 0.5) is 11.4 Å². The van der Waals surface area contributed by atoms with Crippen LogP contribution in [0.15, 0.2) is 36.4 Å². The standard InChI is InChI=1S/C18H21N3O5/c1-3-26-17-10-14(15(21(23)24)11-16(17)25-2)18(22)20-9-8-12-4-6-13(19)7-5-12/h4-7,10-11H,3,8-9,19H2,1-2H3,(H,20,22). The smallest absolute Gasteiger partial charge is 0.286 e. The lowest BCUT2D eigenvalue weighted by Crippen LogP contribution is -2.26. The van der Waals surface area contributed by atoms with Gasteiger partial charge in [-0.1, -0.05) is 12.1 Å². The second-order valence-electron chi connectivity index (χ2n) is 5.46. The van der Waals surface area contributed by atoms with Crippen LogP contribution in [0, 0.1) is 10.1 Å². The Morgan fingerprint density at radius 2 is 1.92 bits per heavy atom. The molecule has 0 unspecified atom stereocenters. The van der Waals surface area contributed by atoms with Gasteiger partial charge in [0.1, 0.15) is 5.56 Å². The number of carbonyl (C=O) groups is 1. The van der Waals surface area contributed by atoms with Crippen LogP contribution in [0.25, 0.3) is 0 Å². The maximum atomic E-state index is 12.4. The zero-order valence-electron chi connectivity index (χ0n) is 14.7. The van der Waals surface area contributed by atoms with E-state index in [0.717, 1.165) is 5.56 Å². The van der Waals surface area contributed by atoms with E-state index in [0.29, 0.717) is 25.3 Å². The molecular weight excluding hydrogens is 338 g/mol. The fourth-order valence-corrected chi connectivity index (χ4v) is 2.41. The molecule has 26 heavy (non-hydrogen) atoms. The molecule has 8 nitrogen and oxygen atoms in total. The van der Waals surface area contributed by atoms with Gasteiger partial charge >= 0.3 is 0 Å². The lowest BCUT2D eigenvalue weighted by Gasteiger charge is -2.12. The number of nitrogens with zero attached hydrogens (tertiary/aromatic N) is 1. The summed E-state index contributed by atoms with van der Waals surface area (Å²) in [6.07, 6.45) is 0.578. The summed E-state index contributed by atoms with van der Waals surface area (Å²) in [5.41, 5.74) is 6.88. The molecule has 1 amide bonds. The van der Waals surface area contributed by atoms with E-state index in [2.05, 4.69) is 5.32 Å². The van der Waals surface area contributed by atoms with E-state index < -0.39 is 10.8 Å². The molecule has 0 aliphatic carbocycles. The fraction of sp³-hybridized carbons (Fsp3) is 0.278. The zero-order chi connectivity index (χ0) is 19.1. The second kappa shape index (κ2) is 8.70. The Bertz CT molecular complexity index is 790. The van der Waals surface area contributed by atoms with Gasteiger partial charge in [-0.25, -0.2) is 0 Å². The van der Waals surface area contributed by atoms with E-state index in [-0.39, 0.29) is 22.7 Å². The van der Waals surface area contributed by atoms with Gasteiger partial charge in [0, 0.05) is 18.3 Å². The molecule has 0 aliphatic rings. The van der Waals surface area contributed by atoms with Crippen molar-refractivity contribution in [2.24, 2.45) is 0 Å². The number of rotatable bonds is 8. The number of hydrogen-bond acceptors (Lipinski definition) is 6. The first-order chi connectivity index (χ1) is 12.5. The molecule has 0 aliphatic heterocycles. The van der Waals surface area contributed by atoms with Gasteiger partial charge in [-0.2, -0.15) is 0 Å². The number of carbonyl (C=O) groups excluding carboxylic acids is 1. The van der Waals surface area contributed by atoms with Crippen molar-refractivity contribution < 1.29 is 19.2 Å². The molecular formula is C18H21N3O5. The van der Waals surface area contributed by atoms with E-state index in [1.807, 2.05) is 12.1 Å². The van der Waals surface area contributed by atoms with Gasteiger partial charge in [0.05, 0.1) is 24.7 Å². The number of nitro benzene ring substituents is 1. The molecule has 2 rings (SSSR count). The Balaban J connectivity index is 2.16. The van der Waals surface area contributed by atoms with E-state index in [4.69, 9.17) is 15.2 Å². The van der Waals surface area contributed by atoms with Gasteiger partial charge in [0.2, 0.25) is 0 Å². The Kier molecular flexibility index (Phi) is 6.37. The number of amides is 1. The Morgan fingerprint density at radius 3 is 2.50 bits per heavy atom. The van der Waals surface area contributed by atoms with E-state index in [1.54, 1.807) is 19.1 Å². The van der Waals surface area contributed by atoms with Crippen LogP contribution in [-0.4, -0.2) is 31.1 Å². The minimum Gasteiger partial charge on any atom is -0.493 e. The Labute approximate surface area is 151 Å². The van der Waals surface area contributed by atoms with E-state index in [9.17, 15) is 14.9 Å². The molecule has 0 aromatic heterocycles. The van der Waals surface area contributed by atoms with Gasteiger partial charge in [-0.3, -0.25) is 14.9 Å². The van der Waals surface area contributed by atoms with Gasteiger partial charge < -0.3 is 20.5 Å². The lowest BCUT2D eigenvalue weighted by molar-refractivity contribution is -0.385. The number of anilines is 1.